The third-order valence-corrected chi connectivity index (χ3v) is 5.69. The van der Waals surface area contributed by atoms with Gasteiger partial charge in [-0.1, -0.05) is 6.07 Å². The molecule has 0 saturated carbocycles. The van der Waals surface area contributed by atoms with E-state index >= 15 is 0 Å². The lowest BCUT2D eigenvalue weighted by Gasteiger charge is -2.35. The minimum absolute atomic E-state index is 0.224. The van der Waals surface area contributed by atoms with Crippen molar-refractivity contribution in [1.29, 1.82) is 0 Å². The highest BCUT2D eigenvalue weighted by Gasteiger charge is 2.24. The molecule has 29 heavy (non-hydrogen) atoms. The van der Waals surface area contributed by atoms with E-state index in [9.17, 15) is 4.79 Å². The first-order valence-corrected chi connectivity index (χ1v) is 10.6. The molecule has 156 valence electrons. The average molecular weight is 399 g/mol. The summed E-state index contributed by atoms with van der Waals surface area (Å²) in [4.78, 5) is 23.7. The number of furan rings is 1. The van der Waals surface area contributed by atoms with E-state index < -0.39 is 0 Å². The van der Waals surface area contributed by atoms with Gasteiger partial charge in [0, 0.05) is 58.5 Å². The molecule has 0 aromatic carbocycles. The Bertz CT molecular complexity index is 739. The predicted molar refractivity (Wildman–Crippen MR) is 111 cm³/mol. The molecule has 2 aromatic heterocycles. The minimum Gasteiger partial charge on any atom is -0.468 e. The number of pyridine rings is 1. The quantitative estimate of drug-likeness (QED) is 0.681. The van der Waals surface area contributed by atoms with Crippen LogP contribution in [0.1, 0.15) is 25.0 Å². The molecule has 7 nitrogen and oxygen atoms in total. The second-order valence-corrected chi connectivity index (χ2v) is 7.76. The average Bonchev–Trinajstić information content (AvgIpc) is 3.47. The molecule has 4 heterocycles. The molecule has 2 aromatic rings. The van der Waals surface area contributed by atoms with Gasteiger partial charge in [0.2, 0.25) is 5.91 Å². The maximum absolute atomic E-state index is 12.8. The van der Waals surface area contributed by atoms with Crippen LogP contribution in [0.15, 0.2) is 47.2 Å². The van der Waals surface area contributed by atoms with Crippen LogP contribution in [-0.2, 0) is 16.1 Å². The first-order chi connectivity index (χ1) is 14.3. The molecule has 0 bridgehead atoms. The van der Waals surface area contributed by atoms with Crippen LogP contribution in [0.25, 0.3) is 0 Å². The fourth-order valence-corrected chi connectivity index (χ4v) is 4.07. The molecule has 1 atom stereocenters. The number of anilines is 1. The number of carbonyl (C=O) groups excluding carboxylic acids is 1. The Morgan fingerprint density at radius 1 is 1.17 bits per heavy atom. The van der Waals surface area contributed by atoms with Crippen LogP contribution in [0.2, 0.25) is 0 Å². The van der Waals surface area contributed by atoms with Crippen molar-refractivity contribution < 1.29 is 13.9 Å². The Kier molecular flexibility index (Phi) is 6.79. The first kappa shape index (κ1) is 19.9. The van der Waals surface area contributed by atoms with Crippen LogP contribution in [-0.4, -0.2) is 72.7 Å². The first-order valence-electron chi connectivity index (χ1n) is 10.6. The van der Waals surface area contributed by atoms with E-state index in [0.717, 1.165) is 70.3 Å². The highest BCUT2D eigenvalue weighted by Crippen LogP contribution is 2.17. The molecular weight excluding hydrogens is 368 g/mol. The normalized spacial score (nSPS) is 19.8. The monoisotopic (exact) mass is 398 g/mol. The van der Waals surface area contributed by atoms with E-state index in [2.05, 4.69) is 14.8 Å². The number of hydrogen-bond donors (Lipinski definition) is 0. The molecule has 1 unspecified atom stereocenters. The molecule has 1 amide bonds. The molecule has 2 aliphatic rings. The van der Waals surface area contributed by atoms with Gasteiger partial charge in [-0.15, -0.1) is 0 Å². The van der Waals surface area contributed by atoms with Crippen LogP contribution in [0.5, 0.6) is 0 Å². The van der Waals surface area contributed by atoms with E-state index in [-0.39, 0.29) is 12.0 Å². The molecular formula is C22H30N4O3. The summed E-state index contributed by atoms with van der Waals surface area (Å²) in [6.45, 7) is 6.29. The number of piperazine rings is 1. The van der Waals surface area contributed by atoms with E-state index in [1.165, 1.54) is 0 Å². The predicted octanol–water partition coefficient (Wildman–Crippen LogP) is 2.39. The summed E-state index contributed by atoms with van der Waals surface area (Å²) < 4.78 is 11.3. The van der Waals surface area contributed by atoms with Crippen molar-refractivity contribution in [3.63, 3.8) is 0 Å². The Hall–Kier alpha value is -2.38. The van der Waals surface area contributed by atoms with Gasteiger partial charge in [0.05, 0.1) is 18.9 Å². The zero-order chi connectivity index (χ0) is 19.9. The van der Waals surface area contributed by atoms with Gasteiger partial charge in [0.15, 0.2) is 0 Å². The van der Waals surface area contributed by atoms with Crippen LogP contribution in [0, 0.1) is 0 Å². The summed E-state index contributed by atoms with van der Waals surface area (Å²) in [6, 6.07) is 9.85. The maximum Gasteiger partial charge on any atom is 0.223 e. The number of hydrogen-bond acceptors (Lipinski definition) is 6. The van der Waals surface area contributed by atoms with Crippen LogP contribution < -0.4 is 4.90 Å². The zero-order valence-corrected chi connectivity index (χ0v) is 16.9. The third kappa shape index (κ3) is 5.58. The van der Waals surface area contributed by atoms with Gasteiger partial charge in [-0.3, -0.25) is 9.69 Å². The van der Waals surface area contributed by atoms with E-state index in [0.29, 0.717) is 13.0 Å². The molecule has 4 rings (SSSR count). The van der Waals surface area contributed by atoms with Crippen LogP contribution >= 0.6 is 0 Å². The molecule has 0 N–H and O–H groups in total. The fourth-order valence-electron chi connectivity index (χ4n) is 4.07. The summed E-state index contributed by atoms with van der Waals surface area (Å²) in [5, 5.41) is 0. The molecule has 0 spiro atoms. The lowest BCUT2D eigenvalue weighted by Crippen LogP contribution is -2.49. The van der Waals surface area contributed by atoms with Crippen molar-refractivity contribution in [2.24, 2.45) is 0 Å². The molecule has 2 aliphatic heterocycles. The van der Waals surface area contributed by atoms with Crippen molar-refractivity contribution in [2.75, 3.05) is 50.8 Å². The van der Waals surface area contributed by atoms with Crippen LogP contribution in [0.4, 0.5) is 5.82 Å². The number of carbonyl (C=O) groups is 1. The SMILES string of the molecule is O=C(CCN(Cc1ccco1)CC1CCCO1)N1CCN(c2ccccn2)CC1. The van der Waals surface area contributed by atoms with Gasteiger partial charge in [-0.2, -0.15) is 0 Å². The highest BCUT2D eigenvalue weighted by molar-refractivity contribution is 5.76. The van der Waals surface area contributed by atoms with Gasteiger partial charge in [0.1, 0.15) is 11.6 Å². The Labute approximate surface area is 172 Å². The number of aromatic nitrogens is 1. The van der Waals surface area contributed by atoms with Crippen molar-refractivity contribution in [3.05, 3.63) is 48.6 Å². The van der Waals surface area contributed by atoms with Crippen molar-refractivity contribution in [1.82, 2.24) is 14.8 Å². The topological polar surface area (TPSA) is 62.1 Å². The van der Waals surface area contributed by atoms with Gasteiger partial charge < -0.3 is 19.0 Å². The fraction of sp³-hybridized carbons (Fsp3) is 0.545. The second-order valence-electron chi connectivity index (χ2n) is 7.76. The highest BCUT2D eigenvalue weighted by atomic mass is 16.5. The van der Waals surface area contributed by atoms with Gasteiger partial charge in [0.25, 0.3) is 0 Å². The second kappa shape index (κ2) is 9.89. The largest absolute Gasteiger partial charge is 0.468 e. The smallest absolute Gasteiger partial charge is 0.223 e. The van der Waals surface area contributed by atoms with Crippen LogP contribution in [0.3, 0.4) is 0 Å². The summed E-state index contributed by atoms with van der Waals surface area (Å²) in [5.74, 6) is 2.14. The van der Waals surface area contributed by atoms with Gasteiger partial charge in [-0.05, 0) is 37.1 Å². The summed E-state index contributed by atoms with van der Waals surface area (Å²) >= 11 is 0. The summed E-state index contributed by atoms with van der Waals surface area (Å²) in [7, 11) is 0. The van der Waals surface area contributed by atoms with Crippen molar-refractivity contribution in [3.8, 4) is 0 Å². The molecule has 2 saturated heterocycles. The lowest BCUT2D eigenvalue weighted by molar-refractivity contribution is -0.132. The van der Waals surface area contributed by atoms with E-state index in [4.69, 9.17) is 9.15 Å². The number of amides is 1. The zero-order valence-electron chi connectivity index (χ0n) is 16.9. The Morgan fingerprint density at radius 3 is 2.76 bits per heavy atom. The third-order valence-electron chi connectivity index (χ3n) is 5.69. The lowest BCUT2D eigenvalue weighted by atomic mass is 10.2. The van der Waals surface area contributed by atoms with Gasteiger partial charge >= 0.3 is 0 Å². The van der Waals surface area contributed by atoms with E-state index in [1.807, 2.05) is 41.4 Å². The summed E-state index contributed by atoms with van der Waals surface area (Å²) in [5.41, 5.74) is 0. The number of rotatable bonds is 8. The van der Waals surface area contributed by atoms with E-state index in [1.54, 1.807) is 6.26 Å². The maximum atomic E-state index is 12.8. The Morgan fingerprint density at radius 2 is 2.07 bits per heavy atom. The number of ether oxygens (including phenoxy) is 1. The molecule has 0 aliphatic carbocycles. The standard InChI is InChI=1S/C22H30N4O3/c27-22(26-13-11-25(12-14-26)21-7-1-2-9-23-21)8-10-24(17-19-5-3-15-28-19)18-20-6-4-16-29-20/h1-3,5,7,9,15,20H,4,6,8,10-14,16-18H2. The van der Waals surface area contributed by atoms with Crippen molar-refractivity contribution >= 4 is 11.7 Å². The molecule has 0 radical (unpaired) electrons. The van der Waals surface area contributed by atoms with Gasteiger partial charge in [-0.25, -0.2) is 4.98 Å². The number of nitrogens with zero attached hydrogens (tertiary/aromatic N) is 4. The molecule has 2 fully saturated rings. The Balaban J connectivity index is 1.26. The van der Waals surface area contributed by atoms with Crippen molar-refractivity contribution in [2.45, 2.75) is 31.9 Å². The summed E-state index contributed by atoms with van der Waals surface area (Å²) in [6.07, 6.45) is 6.52. The minimum atomic E-state index is 0.224. The molecule has 7 heteroatoms.